The average Bonchev–Trinajstić information content (AvgIpc) is 3.36. The van der Waals surface area contributed by atoms with Gasteiger partial charge in [0.2, 0.25) is 0 Å². The van der Waals surface area contributed by atoms with E-state index in [9.17, 15) is 9.59 Å². The highest BCUT2D eigenvalue weighted by Gasteiger charge is 2.32. The van der Waals surface area contributed by atoms with E-state index in [-0.39, 0.29) is 17.2 Å². The molecule has 0 spiro atoms. The highest BCUT2D eigenvalue weighted by Crippen LogP contribution is 2.25. The van der Waals surface area contributed by atoms with Gasteiger partial charge in [0.1, 0.15) is 5.69 Å². The number of carbonyl (C=O) groups is 2. The van der Waals surface area contributed by atoms with Gasteiger partial charge in [0.25, 0.3) is 11.8 Å². The van der Waals surface area contributed by atoms with Gasteiger partial charge in [-0.1, -0.05) is 42.5 Å². The molecule has 0 fully saturated rings. The lowest BCUT2D eigenvalue weighted by atomic mass is 9.99. The van der Waals surface area contributed by atoms with E-state index in [4.69, 9.17) is 5.26 Å². The van der Waals surface area contributed by atoms with E-state index in [1.807, 2.05) is 43.4 Å². The summed E-state index contributed by atoms with van der Waals surface area (Å²) in [5, 5.41) is 19.4. The minimum absolute atomic E-state index is 0.204. The summed E-state index contributed by atoms with van der Waals surface area (Å²) in [4.78, 5) is 28.2. The van der Waals surface area contributed by atoms with Crippen LogP contribution in [-0.4, -0.2) is 35.2 Å². The lowest BCUT2D eigenvalue weighted by Gasteiger charge is -2.28. The summed E-state index contributed by atoms with van der Waals surface area (Å²) >= 11 is 0. The number of benzene rings is 3. The molecule has 4 aromatic rings. The van der Waals surface area contributed by atoms with Crippen molar-refractivity contribution in [2.45, 2.75) is 19.5 Å². The minimum atomic E-state index is -0.442. The maximum Gasteiger partial charge on any atom is 0.277 e. The van der Waals surface area contributed by atoms with E-state index in [1.165, 1.54) is 17.3 Å². The number of nitriles is 1. The number of aromatic nitrogens is 2. The van der Waals surface area contributed by atoms with Crippen LogP contribution in [0.3, 0.4) is 0 Å². The smallest absolute Gasteiger partial charge is 0.277 e. The molecule has 8 nitrogen and oxygen atoms in total. The maximum atomic E-state index is 13.5. The number of anilines is 2. The molecule has 0 bridgehead atoms. The van der Waals surface area contributed by atoms with Crippen molar-refractivity contribution >= 4 is 23.2 Å². The Morgan fingerprint density at radius 1 is 1.03 bits per heavy atom. The Bertz CT molecular complexity index is 1500. The molecule has 2 heterocycles. The van der Waals surface area contributed by atoms with Gasteiger partial charge in [-0.2, -0.15) is 10.4 Å². The number of amides is 2. The molecule has 2 N–H and O–H groups in total. The summed E-state index contributed by atoms with van der Waals surface area (Å²) in [5.41, 5.74) is 5.83. The van der Waals surface area contributed by atoms with Crippen molar-refractivity contribution < 1.29 is 9.59 Å². The first kappa shape index (κ1) is 24.0. The molecular formula is C29H26N6O2. The van der Waals surface area contributed by atoms with Gasteiger partial charge in [-0.3, -0.25) is 14.3 Å². The Balaban J connectivity index is 1.34. The molecule has 0 aliphatic carbocycles. The predicted octanol–water partition coefficient (Wildman–Crippen LogP) is 3.98. The molecule has 3 aromatic carbocycles. The van der Waals surface area contributed by atoms with Gasteiger partial charge in [-0.25, -0.2) is 0 Å². The Kier molecular flexibility index (Phi) is 6.79. The largest absolute Gasteiger partial charge is 0.322 e. The Morgan fingerprint density at radius 2 is 1.81 bits per heavy atom. The average molecular weight is 491 g/mol. The third-order valence-electron chi connectivity index (χ3n) is 6.44. The van der Waals surface area contributed by atoms with Crippen molar-refractivity contribution in [2.75, 3.05) is 23.8 Å². The molecule has 0 unspecified atom stereocenters. The second-order valence-corrected chi connectivity index (χ2v) is 8.88. The fourth-order valence-electron chi connectivity index (χ4n) is 4.59. The van der Waals surface area contributed by atoms with Crippen molar-refractivity contribution in [3.63, 3.8) is 0 Å². The molecule has 5 rings (SSSR count). The monoisotopic (exact) mass is 490 g/mol. The first-order valence-electron chi connectivity index (χ1n) is 12.1. The van der Waals surface area contributed by atoms with Gasteiger partial charge in [0, 0.05) is 24.5 Å². The topological polar surface area (TPSA) is 103 Å². The maximum absolute atomic E-state index is 13.5. The molecule has 1 aliphatic heterocycles. The number of rotatable bonds is 7. The lowest BCUT2D eigenvalue weighted by Crippen LogP contribution is -2.41. The van der Waals surface area contributed by atoms with Gasteiger partial charge in [-0.15, -0.1) is 0 Å². The molecule has 1 aliphatic rings. The quantitative estimate of drug-likeness (QED) is 0.408. The fraction of sp³-hybridized carbons (Fsp3) is 0.172. The predicted molar refractivity (Wildman–Crippen MR) is 141 cm³/mol. The van der Waals surface area contributed by atoms with Crippen molar-refractivity contribution in [1.82, 2.24) is 15.1 Å². The van der Waals surface area contributed by atoms with Crippen LogP contribution >= 0.6 is 0 Å². The van der Waals surface area contributed by atoms with Crippen LogP contribution in [0.15, 0.2) is 79.0 Å². The summed E-state index contributed by atoms with van der Waals surface area (Å²) in [6.45, 7) is 1.75. The van der Waals surface area contributed by atoms with Crippen LogP contribution in [0.25, 0.3) is 0 Å². The summed E-state index contributed by atoms with van der Waals surface area (Å²) in [5.74, 6) is -0.714. The van der Waals surface area contributed by atoms with Crippen molar-refractivity contribution in [2.24, 2.45) is 0 Å². The van der Waals surface area contributed by atoms with E-state index < -0.39 is 5.91 Å². The van der Waals surface area contributed by atoms with Gasteiger partial charge in [-0.05, 0) is 60.5 Å². The molecule has 0 saturated heterocycles. The van der Waals surface area contributed by atoms with Gasteiger partial charge < -0.3 is 15.5 Å². The van der Waals surface area contributed by atoms with Gasteiger partial charge in [0.05, 0.1) is 29.9 Å². The number of hydrogen-bond donors (Lipinski definition) is 2. The lowest BCUT2D eigenvalue weighted by molar-refractivity contribution is 0.0947. The van der Waals surface area contributed by atoms with Crippen LogP contribution in [0.2, 0.25) is 0 Å². The third-order valence-corrected chi connectivity index (χ3v) is 6.44. The van der Waals surface area contributed by atoms with Gasteiger partial charge in [0.15, 0.2) is 0 Å². The van der Waals surface area contributed by atoms with Crippen molar-refractivity contribution in [1.29, 1.82) is 5.26 Å². The first-order valence-corrected chi connectivity index (χ1v) is 12.1. The normalized spacial score (nSPS) is 12.6. The van der Waals surface area contributed by atoms with Crippen LogP contribution in [0.5, 0.6) is 0 Å². The fourth-order valence-corrected chi connectivity index (χ4v) is 4.59. The first-order chi connectivity index (χ1) is 18.1. The number of nitrogens with one attached hydrogen (secondary N) is 2. The van der Waals surface area contributed by atoms with Crippen LogP contribution in [-0.2, 0) is 19.5 Å². The Morgan fingerprint density at radius 3 is 2.57 bits per heavy atom. The van der Waals surface area contributed by atoms with E-state index in [0.717, 1.165) is 24.2 Å². The molecule has 8 heteroatoms. The zero-order valence-electron chi connectivity index (χ0n) is 20.4. The summed E-state index contributed by atoms with van der Waals surface area (Å²) in [6, 6.07) is 25.0. The van der Waals surface area contributed by atoms with E-state index in [0.29, 0.717) is 24.3 Å². The molecule has 1 aromatic heterocycles. The zero-order valence-corrected chi connectivity index (χ0v) is 20.4. The molecule has 0 atom stereocenters. The van der Waals surface area contributed by atoms with E-state index >= 15 is 0 Å². The van der Waals surface area contributed by atoms with E-state index in [2.05, 4.69) is 33.9 Å². The van der Waals surface area contributed by atoms with Crippen molar-refractivity contribution in [3.05, 3.63) is 113 Å². The zero-order chi connectivity index (χ0) is 25.8. The molecule has 2 amide bonds. The summed E-state index contributed by atoms with van der Waals surface area (Å²) in [7, 11) is 1.94. The Labute approximate surface area is 215 Å². The molecule has 37 heavy (non-hydrogen) atoms. The Hall–Kier alpha value is -4.74. The van der Waals surface area contributed by atoms with Crippen LogP contribution in [0, 0.1) is 11.3 Å². The molecule has 184 valence electrons. The molecule has 0 saturated carbocycles. The number of fused-ring (bicyclic) bond motifs is 1. The van der Waals surface area contributed by atoms with Crippen LogP contribution in [0.4, 0.5) is 11.4 Å². The minimum Gasteiger partial charge on any atom is -0.322 e. The number of carbonyl (C=O) groups excluding carboxylic acids is 2. The van der Waals surface area contributed by atoms with Crippen LogP contribution < -0.4 is 15.5 Å². The van der Waals surface area contributed by atoms with Gasteiger partial charge >= 0.3 is 0 Å². The van der Waals surface area contributed by atoms with E-state index in [1.54, 1.807) is 33.8 Å². The SMILES string of the molecule is CNCc1ccccc1Cc1ccc(N2CCn3ncc(C(=O)Nc4cccc(C#N)c4)c3C2=O)cc1. The number of nitrogens with zero attached hydrogens (tertiary/aromatic N) is 4. The number of hydrogen-bond acceptors (Lipinski definition) is 5. The molecule has 0 radical (unpaired) electrons. The molecular weight excluding hydrogens is 464 g/mol. The standard InChI is InChI=1S/C29H26N6O2/c1-31-18-23-7-3-2-6-22(23)15-20-9-11-25(12-10-20)34-13-14-35-27(29(34)37)26(19-32-35)28(36)33-24-8-4-5-21(16-24)17-30/h2-12,16,19,31H,13-15,18H2,1H3,(H,33,36). The highest BCUT2D eigenvalue weighted by atomic mass is 16.2. The third kappa shape index (κ3) is 4.99. The van der Waals surface area contributed by atoms with Crippen LogP contribution in [0.1, 0.15) is 43.1 Å². The second-order valence-electron chi connectivity index (χ2n) is 8.88. The summed E-state index contributed by atoms with van der Waals surface area (Å²) < 4.78 is 1.58. The van der Waals surface area contributed by atoms with Crippen molar-refractivity contribution in [3.8, 4) is 6.07 Å². The second kappa shape index (κ2) is 10.5. The highest BCUT2D eigenvalue weighted by molar-refractivity contribution is 6.15. The summed E-state index contributed by atoms with van der Waals surface area (Å²) in [6.07, 6.45) is 2.22.